The van der Waals surface area contributed by atoms with Crippen molar-refractivity contribution >= 4 is 11.9 Å². The first-order chi connectivity index (χ1) is 7.99. The van der Waals surface area contributed by atoms with E-state index >= 15 is 0 Å². The third-order valence-electron chi connectivity index (χ3n) is 1.39. The van der Waals surface area contributed by atoms with Gasteiger partial charge >= 0.3 is 11.9 Å². The highest BCUT2D eigenvalue weighted by molar-refractivity contribution is 5.82. The van der Waals surface area contributed by atoms with Crippen molar-refractivity contribution in [3.8, 4) is 0 Å². The molecule has 0 rings (SSSR count). The number of esters is 2. The molecule has 0 spiro atoms. The van der Waals surface area contributed by atoms with Gasteiger partial charge < -0.3 is 14.3 Å². The van der Waals surface area contributed by atoms with Crippen molar-refractivity contribution in [2.75, 3.05) is 13.2 Å². The van der Waals surface area contributed by atoms with E-state index in [1.807, 2.05) is 0 Å². The van der Waals surface area contributed by atoms with Gasteiger partial charge in [0, 0.05) is 12.2 Å². The number of ether oxygens (including phenoxy) is 2. The Morgan fingerprint density at radius 1 is 1.24 bits per heavy atom. The second-order valence-corrected chi connectivity index (χ2v) is 2.62. The molecule has 8 nitrogen and oxygen atoms in total. The summed E-state index contributed by atoms with van der Waals surface area (Å²) >= 11 is 0. The molecule has 0 bridgehead atoms. The van der Waals surface area contributed by atoms with Crippen LogP contribution in [0.3, 0.4) is 0 Å². The molecule has 0 aromatic heterocycles. The minimum atomic E-state index is -1.09. The second kappa shape index (κ2) is 7.85. The highest BCUT2D eigenvalue weighted by Crippen LogP contribution is 1.98. The SMILES string of the molecule is C=CC(=O)OCC(CO[N+](=O)[O-])OC(=O)C=C. The van der Waals surface area contributed by atoms with Crippen molar-refractivity contribution in [2.45, 2.75) is 6.10 Å². The molecule has 94 valence electrons. The van der Waals surface area contributed by atoms with Crippen LogP contribution in [0.25, 0.3) is 0 Å². The molecule has 0 saturated heterocycles. The summed E-state index contributed by atoms with van der Waals surface area (Å²) in [6.07, 6.45) is 0.685. The summed E-state index contributed by atoms with van der Waals surface area (Å²) in [4.78, 5) is 35.5. The van der Waals surface area contributed by atoms with Gasteiger partial charge in [-0.3, -0.25) is 0 Å². The van der Waals surface area contributed by atoms with E-state index in [-0.39, 0.29) is 6.61 Å². The first-order valence-electron chi connectivity index (χ1n) is 4.39. The van der Waals surface area contributed by atoms with Crippen LogP contribution in [0.4, 0.5) is 0 Å². The summed E-state index contributed by atoms with van der Waals surface area (Å²) in [6, 6.07) is 0. The lowest BCUT2D eigenvalue weighted by atomic mass is 10.4. The van der Waals surface area contributed by atoms with Crippen molar-refractivity contribution in [2.24, 2.45) is 0 Å². The molecule has 0 fully saturated rings. The normalized spacial score (nSPS) is 10.8. The van der Waals surface area contributed by atoms with Gasteiger partial charge in [0.15, 0.2) is 6.10 Å². The molecule has 0 amide bonds. The Kier molecular flexibility index (Phi) is 6.75. The van der Waals surface area contributed by atoms with E-state index in [0.717, 1.165) is 12.2 Å². The monoisotopic (exact) mass is 245 g/mol. The van der Waals surface area contributed by atoms with Gasteiger partial charge in [0.2, 0.25) is 0 Å². The van der Waals surface area contributed by atoms with E-state index in [1.54, 1.807) is 0 Å². The van der Waals surface area contributed by atoms with Gasteiger partial charge in [-0.05, 0) is 0 Å². The van der Waals surface area contributed by atoms with Crippen molar-refractivity contribution in [1.82, 2.24) is 0 Å². The zero-order valence-corrected chi connectivity index (χ0v) is 8.87. The Hall–Kier alpha value is -2.38. The average Bonchev–Trinajstić information content (AvgIpc) is 2.31. The van der Waals surface area contributed by atoms with Crippen molar-refractivity contribution in [3.05, 3.63) is 35.4 Å². The molecular weight excluding hydrogens is 234 g/mol. The Morgan fingerprint density at radius 3 is 2.29 bits per heavy atom. The lowest BCUT2D eigenvalue weighted by molar-refractivity contribution is -0.759. The van der Waals surface area contributed by atoms with Gasteiger partial charge in [-0.15, -0.1) is 10.1 Å². The summed E-state index contributed by atoms with van der Waals surface area (Å²) in [5, 5.41) is 8.90. The molecule has 1 unspecified atom stereocenters. The van der Waals surface area contributed by atoms with E-state index in [4.69, 9.17) is 0 Å². The van der Waals surface area contributed by atoms with Crippen molar-refractivity contribution < 1.29 is 29.0 Å². The third kappa shape index (κ3) is 7.54. The maximum Gasteiger partial charge on any atom is 0.330 e. The standard InChI is InChI=1S/C9H11NO7/c1-3-8(11)15-5-7(6-16-10(13)14)17-9(12)4-2/h3-4,7H,1-2,5-6H2. The molecule has 8 heteroatoms. The van der Waals surface area contributed by atoms with Gasteiger partial charge in [0.1, 0.15) is 13.2 Å². The molecule has 0 aliphatic carbocycles. The van der Waals surface area contributed by atoms with Crippen LogP contribution in [0.1, 0.15) is 0 Å². The van der Waals surface area contributed by atoms with Crippen LogP contribution in [-0.2, 0) is 23.9 Å². The lowest BCUT2D eigenvalue weighted by Gasteiger charge is -2.15. The van der Waals surface area contributed by atoms with Gasteiger partial charge in [0.05, 0.1) is 0 Å². The first-order valence-corrected chi connectivity index (χ1v) is 4.39. The summed E-state index contributed by atoms with van der Waals surface area (Å²) < 4.78 is 9.21. The zero-order chi connectivity index (χ0) is 13.3. The minimum absolute atomic E-state index is 0.377. The maximum absolute atomic E-state index is 10.9. The number of nitrogens with zero attached hydrogens (tertiary/aromatic N) is 1. The summed E-state index contributed by atoms with van der Waals surface area (Å²) in [5.41, 5.74) is 0. The van der Waals surface area contributed by atoms with Crippen LogP contribution < -0.4 is 0 Å². The number of hydrogen-bond donors (Lipinski definition) is 0. The number of carbonyl (C=O) groups excluding carboxylic acids is 2. The summed E-state index contributed by atoms with van der Waals surface area (Å²) in [5.74, 6) is -1.55. The van der Waals surface area contributed by atoms with E-state index in [9.17, 15) is 19.7 Å². The van der Waals surface area contributed by atoms with Crippen molar-refractivity contribution in [3.63, 3.8) is 0 Å². The number of rotatable bonds is 8. The fourth-order valence-electron chi connectivity index (χ4n) is 0.707. The molecule has 17 heavy (non-hydrogen) atoms. The Morgan fingerprint density at radius 2 is 1.82 bits per heavy atom. The molecule has 0 N–H and O–H groups in total. The zero-order valence-electron chi connectivity index (χ0n) is 8.87. The van der Waals surface area contributed by atoms with E-state index in [0.29, 0.717) is 0 Å². The summed E-state index contributed by atoms with van der Waals surface area (Å²) in [7, 11) is 0. The molecule has 0 aromatic carbocycles. The Balaban J connectivity index is 4.22. The smallest absolute Gasteiger partial charge is 0.330 e. The fourth-order valence-corrected chi connectivity index (χ4v) is 0.707. The van der Waals surface area contributed by atoms with Crippen LogP contribution in [-0.4, -0.2) is 36.3 Å². The molecule has 1 atom stereocenters. The van der Waals surface area contributed by atoms with Gasteiger partial charge in [-0.2, -0.15) is 0 Å². The van der Waals surface area contributed by atoms with Gasteiger partial charge in [-0.1, -0.05) is 13.2 Å². The molecule has 0 heterocycles. The topological polar surface area (TPSA) is 105 Å². The van der Waals surface area contributed by atoms with Crippen LogP contribution >= 0.6 is 0 Å². The van der Waals surface area contributed by atoms with Crippen LogP contribution in [0.15, 0.2) is 25.3 Å². The first kappa shape index (κ1) is 14.6. The van der Waals surface area contributed by atoms with Crippen LogP contribution in [0, 0.1) is 10.1 Å². The number of carbonyl (C=O) groups is 2. The molecule has 0 saturated carbocycles. The summed E-state index contributed by atoms with van der Waals surface area (Å²) in [6.45, 7) is 5.38. The largest absolute Gasteiger partial charge is 0.459 e. The molecular formula is C9H11NO7. The minimum Gasteiger partial charge on any atom is -0.459 e. The van der Waals surface area contributed by atoms with E-state index in [1.165, 1.54) is 0 Å². The van der Waals surface area contributed by atoms with Gasteiger partial charge in [-0.25, -0.2) is 9.59 Å². The third-order valence-corrected chi connectivity index (χ3v) is 1.39. The molecule has 0 aliphatic rings. The predicted molar refractivity (Wildman–Crippen MR) is 54.2 cm³/mol. The van der Waals surface area contributed by atoms with E-state index in [2.05, 4.69) is 27.5 Å². The molecule has 0 aromatic rings. The Labute approximate surface area is 96.6 Å². The van der Waals surface area contributed by atoms with Crippen molar-refractivity contribution in [1.29, 1.82) is 0 Å². The Bertz CT molecular complexity index is 325. The molecule has 0 radical (unpaired) electrons. The highest BCUT2D eigenvalue weighted by atomic mass is 17.0. The van der Waals surface area contributed by atoms with Crippen LogP contribution in [0.2, 0.25) is 0 Å². The average molecular weight is 245 g/mol. The molecule has 0 aliphatic heterocycles. The van der Waals surface area contributed by atoms with Crippen LogP contribution in [0.5, 0.6) is 0 Å². The van der Waals surface area contributed by atoms with Gasteiger partial charge in [0.25, 0.3) is 5.09 Å². The van der Waals surface area contributed by atoms with E-state index < -0.39 is 29.7 Å². The maximum atomic E-state index is 10.9. The predicted octanol–water partition coefficient (Wildman–Crippen LogP) is 0.0217. The quantitative estimate of drug-likeness (QED) is 0.257. The number of hydrogen-bond acceptors (Lipinski definition) is 7. The fraction of sp³-hybridized carbons (Fsp3) is 0.333. The highest BCUT2D eigenvalue weighted by Gasteiger charge is 2.16. The second-order valence-electron chi connectivity index (χ2n) is 2.62. The lowest BCUT2D eigenvalue weighted by Crippen LogP contribution is -2.29.